The van der Waals surface area contributed by atoms with Crippen molar-refractivity contribution in [2.24, 2.45) is 0 Å². The van der Waals surface area contributed by atoms with Crippen molar-refractivity contribution in [1.82, 2.24) is 5.16 Å². The van der Waals surface area contributed by atoms with Crippen LogP contribution in [-0.2, 0) is 10.0 Å². The van der Waals surface area contributed by atoms with Crippen LogP contribution >= 0.6 is 0 Å². The Morgan fingerprint density at radius 1 is 1.32 bits per heavy atom. The van der Waals surface area contributed by atoms with Crippen molar-refractivity contribution in [3.8, 4) is 5.75 Å². The Kier molecular flexibility index (Phi) is 3.13. The van der Waals surface area contributed by atoms with E-state index >= 15 is 0 Å². The van der Waals surface area contributed by atoms with Crippen molar-refractivity contribution in [3.05, 3.63) is 36.1 Å². The molecule has 0 unspecified atom stereocenters. The average molecular weight is 284 g/mol. The highest BCUT2D eigenvalue weighted by molar-refractivity contribution is 7.92. The van der Waals surface area contributed by atoms with Gasteiger partial charge < -0.3 is 14.7 Å². The summed E-state index contributed by atoms with van der Waals surface area (Å²) in [6.07, 6.45) is 1.18. The van der Waals surface area contributed by atoms with Crippen molar-refractivity contribution in [3.63, 3.8) is 0 Å². The van der Waals surface area contributed by atoms with Gasteiger partial charge in [-0.2, -0.15) is 0 Å². The van der Waals surface area contributed by atoms with E-state index in [0.717, 1.165) is 18.2 Å². The van der Waals surface area contributed by atoms with Crippen LogP contribution in [0.25, 0.3) is 0 Å². The molecule has 2 rings (SSSR count). The highest BCUT2D eigenvalue weighted by atomic mass is 32.2. The monoisotopic (exact) mass is 284 g/mol. The van der Waals surface area contributed by atoms with Crippen LogP contribution in [-0.4, -0.2) is 29.8 Å². The lowest BCUT2D eigenvalue weighted by atomic mass is 10.2. The van der Waals surface area contributed by atoms with Crippen LogP contribution in [0.2, 0.25) is 0 Å². The molecule has 0 fully saturated rings. The lowest BCUT2D eigenvalue weighted by molar-refractivity contribution is 0.0693. The number of anilines is 1. The predicted octanol–water partition coefficient (Wildman–Crippen LogP) is 0.879. The van der Waals surface area contributed by atoms with Gasteiger partial charge in [-0.1, -0.05) is 5.16 Å². The molecule has 2 aromatic rings. The molecule has 1 aromatic heterocycles. The molecule has 0 aliphatic carbocycles. The van der Waals surface area contributed by atoms with Crippen molar-refractivity contribution in [2.45, 2.75) is 4.90 Å². The highest BCUT2D eigenvalue weighted by Crippen LogP contribution is 2.22. The number of aromatic carboxylic acids is 1. The van der Waals surface area contributed by atoms with Gasteiger partial charge in [0.2, 0.25) is 0 Å². The molecule has 0 radical (unpaired) electrons. The molecule has 0 aliphatic rings. The number of hydrogen-bond donors (Lipinski definition) is 3. The van der Waals surface area contributed by atoms with Crippen LogP contribution in [0.15, 0.2) is 39.9 Å². The topological polar surface area (TPSA) is 130 Å². The number of benzene rings is 1. The van der Waals surface area contributed by atoms with Crippen molar-refractivity contribution >= 4 is 21.8 Å². The molecule has 8 nitrogen and oxygen atoms in total. The highest BCUT2D eigenvalue weighted by Gasteiger charge is 2.19. The molecule has 0 amide bonds. The van der Waals surface area contributed by atoms with Gasteiger partial charge in [0.05, 0.1) is 4.90 Å². The lowest BCUT2D eigenvalue weighted by Crippen LogP contribution is -2.14. The van der Waals surface area contributed by atoms with Crippen LogP contribution in [0.1, 0.15) is 10.4 Å². The zero-order valence-electron chi connectivity index (χ0n) is 9.27. The number of phenols is 1. The number of sulfonamides is 1. The third-order valence-corrected chi connectivity index (χ3v) is 3.54. The van der Waals surface area contributed by atoms with Gasteiger partial charge in [0, 0.05) is 6.07 Å². The first-order chi connectivity index (χ1) is 8.90. The van der Waals surface area contributed by atoms with Gasteiger partial charge in [-0.3, -0.25) is 4.72 Å². The zero-order valence-corrected chi connectivity index (χ0v) is 10.1. The molecular weight excluding hydrogens is 276 g/mol. The summed E-state index contributed by atoms with van der Waals surface area (Å²) in [7, 11) is -4.00. The smallest absolute Gasteiger partial charge is 0.339 e. The largest absolute Gasteiger partial charge is 0.507 e. The van der Waals surface area contributed by atoms with Gasteiger partial charge in [0.1, 0.15) is 17.6 Å². The quantitative estimate of drug-likeness (QED) is 0.759. The number of carboxylic acids is 1. The zero-order chi connectivity index (χ0) is 14.0. The summed E-state index contributed by atoms with van der Waals surface area (Å²) in [5, 5.41) is 21.5. The number of hydrogen-bond acceptors (Lipinski definition) is 6. The van der Waals surface area contributed by atoms with E-state index < -0.39 is 27.3 Å². The Hall–Kier alpha value is -2.55. The van der Waals surface area contributed by atoms with Crippen LogP contribution in [0.5, 0.6) is 5.75 Å². The molecule has 0 saturated heterocycles. The van der Waals surface area contributed by atoms with Gasteiger partial charge in [0.15, 0.2) is 5.82 Å². The summed E-state index contributed by atoms with van der Waals surface area (Å²) < 4.78 is 30.4. The van der Waals surface area contributed by atoms with Crippen molar-refractivity contribution < 1.29 is 27.9 Å². The summed E-state index contributed by atoms with van der Waals surface area (Å²) in [6.45, 7) is 0. The predicted molar refractivity (Wildman–Crippen MR) is 62.4 cm³/mol. The minimum atomic E-state index is -4.00. The third-order valence-electron chi connectivity index (χ3n) is 2.19. The molecule has 1 aromatic carbocycles. The Balaban J connectivity index is 2.41. The van der Waals surface area contributed by atoms with Crippen molar-refractivity contribution in [2.75, 3.05) is 4.72 Å². The molecular formula is C10H8N2O6S. The maximum atomic E-state index is 11.9. The maximum Gasteiger partial charge on any atom is 0.339 e. The van der Waals surface area contributed by atoms with E-state index in [1.807, 2.05) is 0 Å². The standard InChI is InChI=1S/C10H8N2O6S/c13-8-2-1-6(5-7(8)10(14)15)19(16,17)12-9-3-4-18-11-9/h1-5,13H,(H,11,12)(H,14,15). The molecule has 0 atom stereocenters. The van der Waals surface area contributed by atoms with Gasteiger partial charge in [-0.25, -0.2) is 13.2 Å². The van der Waals surface area contributed by atoms with Gasteiger partial charge in [-0.15, -0.1) is 0 Å². The molecule has 3 N–H and O–H groups in total. The first kappa shape index (κ1) is 12.9. The van der Waals surface area contributed by atoms with Gasteiger partial charge >= 0.3 is 5.97 Å². The number of rotatable bonds is 4. The van der Waals surface area contributed by atoms with Crippen molar-refractivity contribution in [1.29, 1.82) is 0 Å². The molecule has 19 heavy (non-hydrogen) atoms. The number of nitrogens with one attached hydrogen (secondary N) is 1. The van der Waals surface area contributed by atoms with Gasteiger partial charge in [0.25, 0.3) is 10.0 Å². The molecule has 0 saturated carbocycles. The normalized spacial score (nSPS) is 11.2. The summed E-state index contributed by atoms with van der Waals surface area (Å²) >= 11 is 0. The molecule has 0 spiro atoms. The Morgan fingerprint density at radius 3 is 2.63 bits per heavy atom. The molecule has 0 bridgehead atoms. The van der Waals surface area contributed by atoms with Crippen LogP contribution in [0.3, 0.4) is 0 Å². The second-order valence-electron chi connectivity index (χ2n) is 3.47. The number of carbonyl (C=O) groups is 1. The van der Waals surface area contributed by atoms with E-state index in [0.29, 0.717) is 0 Å². The fourth-order valence-corrected chi connectivity index (χ4v) is 2.33. The molecule has 1 heterocycles. The number of carboxylic acid groups (broad SMARTS) is 1. The van der Waals surface area contributed by atoms with Gasteiger partial charge in [-0.05, 0) is 18.2 Å². The first-order valence-electron chi connectivity index (χ1n) is 4.89. The van der Waals surface area contributed by atoms with Crippen LogP contribution < -0.4 is 4.72 Å². The summed E-state index contributed by atoms with van der Waals surface area (Å²) in [4.78, 5) is 10.5. The van der Waals surface area contributed by atoms with Crippen LogP contribution in [0.4, 0.5) is 5.82 Å². The second-order valence-corrected chi connectivity index (χ2v) is 5.16. The Morgan fingerprint density at radius 2 is 2.05 bits per heavy atom. The third kappa shape index (κ3) is 2.65. The van der Waals surface area contributed by atoms with E-state index in [1.165, 1.54) is 12.3 Å². The van der Waals surface area contributed by atoms with E-state index in [4.69, 9.17) is 5.11 Å². The SMILES string of the molecule is O=C(O)c1cc(S(=O)(=O)Nc2ccon2)ccc1O. The summed E-state index contributed by atoms with van der Waals surface area (Å²) in [6, 6.07) is 4.20. The number of aromatic nitrogens is 1. The fourth-order valence-electron chi connectivity index (χ4n) is 1.32. The summed E-state index contributed by atoms with van der Waals surface area (Å²) in [5.41, 5.74) is -0.511. The molecule has 9 heteroatoms. The fraction of sp³-hybridized carbons (Fsp3) is 0. The number of nitrogens with zero attached hydrogens (tertiary/aromatic N) is 1. The number of aromatic hydroxyl groups is 1. The van der Waals surface area contributed by atoms with E-state index in [-0.39, 0.29) is 10.7 Å². The Bertz CT molecular complexity index is 708. The molecule has 100 valence electrons. The molecule has 0 aliphatic heterocycles. The first-order valence-corrected chi connectivity index (χ1v) is 6.38. The van der Waals surface area contributed by atoms with E-state index in [9.17, 15) is 18.3 Å². The minimum Gasteiger partial charge on any atom is -0.507 e. The lowest BCUT2D eigenvalue weighted by Gasteiger charge is -2.06. The maximum absolute atomic E-state index is 11.9. The second kappa shape index (κ2) is 4.61. The van der Waals surface area contributed by atoms with E-state index in [1.54, 1.807) is 0 Å². The summed E-state index contributed by atoms with van der Waals surface area (Å²) in [5.74, 6) is -1.99. The average Bonchev–Trinajstić information content (AvgIpc) is 2.80. The van der Waals surface area contributed by atoms with Crippen LogP contribution in [0, 0.1) is 0 Å². The van der Waals surface area contributed by atoms with E-state index in [2.05, 4.69) is 14.4 Å². The Labute approximate surface area is 107 Å². The minimum absolute atomic E-state index is 0.0371.